The van der Waals surface area contributed by atoms with Crippen molar-refractivity contribution in [3.05, 3.63) is 105 Å². The van der Waals surface area contributed by atoms with Crippen LogP contribution in [0.3, 0.4) is 0 Å². The molecule has 0 saturated carbocycles. The van der Waals surface area contributed by atoms with E-state index < -0.39 is 94.8 Å². The predicted molar refractivity (Wildman–Crippen MR) is 380 cm³/mol. The molecule has 0 aromatic heterocycles. The molecule has 0 aliphatic carbocycles. The Morgan fingerprint density at radius 2 is 0.489 bits per heavy atom. The van der Waals surface area contributed by atoms with Crippen LogP contribution >= 0.6 is 15.8 Å². The fourth-order valence-corrected chi connectivity index (χ4v) is 17.8. The minimum absolute atomic E-state index is 0.00177. The van der Waals surface area contributed by atoms with Crippen LogP contribution in [0.5, 0.6) is 57.5 Å². The molecular weight excluding hydrogens is 1230 g/mol. The molecule has 16 heteroatoms. The molecule has 2 aliphatic rings. The van der Waals surface area contributed by atoms with Crippen LogP contribution in [0.2, 0.25) is 0 Å². The second kappa shape index (κ2) is 25.1. The van der Waals surface area contributed by atoms with Gasteiger partial charge in [-0.2, -0.15) is 0 Å². The summed E-state index contributed by atoms with van der Waals surface area (Å²) >= 11 is 0. The maximum atomic E-state index is 17.1. The van der Waals surface area contributed by atoms with E-state index in [1.54, 1.807) is 54.4 Å². The molecule has 0 amide bonds. The van der Waals surface area contributed by atoms with E-state index >= 15 is 17.6 Å². The molecule has 0 bridgehead atoms. The standard InChI is InChI=1S/C78H104F4O10P2/c1-31-87-55-41-57(93(43-33-47(69(3,4)5)61(83-27)48(34-43)70(6,7)8)44-35-49(71(9,10)11)62(84-28)50(36-44)72(12,13)14)59(67-65(55)89-77(79,80)91-67)60-58(42-56(88-32-2)66-68(60)92-78(81,82)90-66)94(45-37-51(73(15,16)17)63(85-29)52(38-45)74(18,19)20)46-39-53(75(21,22)23)64(86-30)54(40-46)76(24,25)26/h33-42H,31-32H2,1-30H3. The Kier molecular flexibility index (Phi) is 19.7. The van der Waals surface area contributed by atoms with Gasteiger partial charge in [-0.05, 0) is 155 Å². The summed E-state index contributed by atoms with van der Waals surface area (Å²) in [6.45, 7) is 54.8. The first kappa shape index (κ1) is 73.7. The summed E-state index contributed by atoms with van der Waals surface area (Å²) in [6, 6.07) is 20.7. The van der Waals surface area contributed by atoms with Crippen molar-refractivity contribution in [2.75, 3.05) is 41.7 Å². The Balaban J connectivity index is 1.81. The Bertz CT molecular complexity index is 3310. The lowest BCUT2D eigenvalue weighted by molar-refractivity contribution is -0.288. The van der Waals surface area contributed by atoms with Crippen molar-refractivity contribution in [2.24, 2.45) is 0 Å². The zero-order valence-electron chi connectivity index (χ0n) is 61.7. The van der Waals surface area contributed by atoms with E-state index in [0.29, 0.717) is 33.6 Å². The van der Waals surface area contributed by atoms with E-state index in [-0.39, 0.29) is 35.8 Å². The molecule has 6 aromatic rings. The van der Waals surface area contributed by atoms with E-state index in [0.717, 1.165) is 65.7 Å². The number of ether oxygens (including phenoxy) is 10. The van der Waals surface area contributed by atoms with Gasteiger partial charge in [0.25, 0.3) is 0 Å². The molecule has 0 atom stereocenters. The molecule has 0 fully saturated rings. The first-order valence-electron chi connectivity index (χ1n) is 32.6. The zero-order chi connectivity index (χ0) is 70.7. The summed E-state index contributed by atoms with van der Waals surface area (Å²) in [5, 5.41) is 3.96. The number of fused-ring (bicyclic) bond motifs is 2. The number of benzene rings is 6. The molecule has 514 valence electrons. The van der Waals surface area contributed by atoms with Gasteiger partial charge in [0.1, 0.15) is 23.0 Å². The topological polar surface area (TPSA) is 92.3 Å². The lowest BCUT2D eigenvalue weighted by Crippen LogP contribution is -2.32. The molecule has 0 spiro atoms. The van der Waals surface area contributed by atoms with Gasteiger partial charge in [-0.25, -0.2) is 0 Å². The summed E-state index contributed by atoms with van der Waals surface area (Å²) in [4.78, 5) is 0. The van der Waals surface area contributed by atoms with E-state index in [1.807, 2.05) is 0 Å². The second-order valence-electron chi connectivity index (χ2n) is 33.0. The van der Waals surface area contributed by atoms with Crippen LogP contribution in [0.4, 0.5) is 17.6 Å². The van der Waals surface area contributed by atoms with Gasteiger partial charge in [0, 0.05) is 66.2 Å². The molecule has 0 N–H and O–H groups in total. The smallest absolute Gasteiger partial charge is 0.496 e. The largest absolute Gasteiger partial charge is 0.586 e. The molecular formula is C78H104F4O10P2. The minimum Gasteiger partial charge on any atom is -0.496 e. The second-order valence-corrected chi connectivity index (χ2v) is 37.4. The van der Waals surface area contributed by atoms with Gasteiger partial charge in [0.05, 0.1) is 41.7 Å². The molecule has 0 radical (unpaired) electrons. The molecule has 0 unspecified atom stereocenters. The van der Waals surface area contributed by atoms with Gasteiger partial charge >= 0.3 is 12.6 Å². The SMILES string of the molecule is CCOc1cc(P(c2cc(C(C)(C)C)c(OC)c(C(C)(C)C)c2)c2cc(C(C)(C)C)c(OC)c(C(C)(C)C)c2)c(-c2c(P(c3cc(C(C)(C)C)c(OC)c(C(C)(C)C)c3)c3cc(C(C)(C)C)c(OC)c(C(C)(C)C)c3)cc(OCC)c3c2OC(F)(F)O3)c2c1OC(F)(F)O2. The fourth-order valence-electron chi connectivity index (χ4n) is 12.6. The normalized spacial score (nSPS) is 15.1. The number of halogens is 4. The fraction of sp³-hybridized carbons (Fsp3) is 0.538. The summed E-state index contributed by atoms with van der Waals surface area (Å²) in [5.74, 6) is 1.00. The van der Waals surface area contributed by atoms with Gasteiger partial charge in [-0.1, -0.05) is 166 Å². The maximum absolute atomic E-state index is 17.1. The van der Waals surface area contributed by atoms with Crippen LogP contribution in [-0.4, -0.2) is 54.2 Å². The molecule has 2 heterocycles. The van der Waals surface area contributed by atoms with Crippen LogP contribution in [-0.2, 0) is 43.3 Å². The highest BCUT2D eigenvalue weighted by Gasteiger charge is 2.53. The summed E-state index contributed by atoms with van der Waals surface area (Å²) in [7, 11) is 2.45. The van der Waals surface area contributed by atoms with Gasteiger partial charge in [0.2, 0.25) is 11.5 Å². The monoisotopic (exact) mass is 1340 g/mol. The molecule has 0 saturated heterocycles. The highest BCUT2D eigenvalue weighted by molar-refractivity contribution is 7.81. The summed E-state index contributed by atoms with van der Waals surface area (Å²) in [5.41, 5.74) is 2.84. The van der Waals surface area contributed by atoms with Crippen LogP contribution < -0.4 is 79.2 Å². The predicted octanol–water partition coefficient (Wildman–Crippen LogP) is 18.7. The lowest BCUT2D eigenvalue weighted by Gasteiger charge is -2.35. The molecule has 2 aliphatic heterocycles. The van der Waals surface area contributed by atoms with Crippen LogP contribution in [0.15, 0.2) is 60.7 Å². The minimum atomic E-state index is -4.29. The summed E-state index contributed by atoms with van der Waals surface area (Å²) in [6.07, 6.45) is -8.58. The lowest BCUT2D eigenvalue weighted by atomic mass is 9.79. The number of hydrogen-bond donors (Lipinski definition) is 0. The number of hydrogen-bond acceptors (Lipinski definition) is 10. The molecule has 10 nitrogen and oxygen atoms in total. The highest BCUT2D eigenvalue weighted by atomic mass is 31.1. The quantitative estimate of drug-likeness (QED) is 0.0731. The Labute approximate surface area is 561 Å². The van der Waals surface area contributed by atoms with Crippen molar-refractivity contribution in [3.8, 4) is 68.6 Å². The Morgan fingerprint density at radius 1 is 0.309 bits per heavy atom. The maximum Gasteiger partial charge on any atom is 0.586 e. The third-order valence-electron chi connectivity index (χ3n) is 17.2. The van der Waals surface area contributed by atoms with E-state index in [9.17, 15) is 0 Å². The Hall–Kier alpha value is -6.10. The van der Waals surface area contributed by atoms with Crippen molar-refractivity contribution in [1.29, 1.82) is 0 Å². The third kappa shape index (κ3) is 14.3. The first-order valence-corrected chi connectivity index (χ1v) is 35.3. The Morgan fingerprint density at radius 3 is 0.649 bits per heavy atom. The van der Waals surface area contributed by atoms with Crippen molar-refractivity contribution in [3.63, 3.8) is 0 Å². The number of rotatable bonds is 15. The van der Waals surface area contributed by atoms with Gasteiger partial charge in [-0.15, -0.1) is 17.6 Å². The van der Waals surface area contributed by atoms with E-state index in [4.69, 9.17) is 47.4 Å². The van der Waals surface area contributed by atoms with Crippen molar-refractivity contribution >= 4 is 47.7 Å². The average Bonchev–Trinajstić information content (AvgIpc) is 1.33. The van der Waals surface area contributed by atoms with Gasteiger partial charge in [-0.3, -0.25) is 0 Å². The molecule has 94 heavy (non-hydrogen) atoms. The molecule has 6 aromatic carbocycles. The molecule has 8 rings (SSSR count). The van der Waals surface area contributed by atoms with Crippen molar-refractivity contribution in [1.82, 2.24) is 0 Å². The van der Waals surface area contributed by atoms with Gasteiger partial charge < -0.3 is 47.4 Å². The van der Waals surface area contributed by atoms with Crippen LogP contribution in [0.25, 0.3) is 11.1 Å². The highest BCUT2D eigenvalue weighted by Crippen LogP contribution is 2.62. The van der Waals surface area contributed by atoms with Crippen molar-refractivity contribution in [2.45, 2.75) is 236 Å². The summed E-state index contributed by atoms with van der Waals surface area (Å²) < 4.78 is 131. The number of alkyl halides is 4. The van der Waals surface area contributed by atoms with Gasteiger partial charge in [0.15, 0.2) is 23.0 Å². The number of methoxy groups -OCH3 is 4. The first-order chi connectivity index (χ1) is 42.9. The van der Waals surface area contributed by atoms with E-state index in [2.05, 4.69) is 215 Å². The average molecular weight is 1340 g/mol. The van der Waals surface area contributed by atoms with Crippen LogP contribution in [0.1, 0.15) is 225 Å². The third-order valence-corrected chi connectivity index (χ3v) is 22.0. The van der Waals surface area contributed by atoms with Crippen LogP contribution in [0, 0.1) is 0 Å². The van der Waals surface area contributed by atoms with E-state index in [1.165, 1.54) is 0 Å². The van der Waals surface area contributed by atoms with Crippen molar-refractivity contribution < 1.29 is 64.9 Å². The zero-order valence-corrected chi connectivity index (χ0v) is 63.5.